The Balaban J connectivity index is 2.01. The number of benzene rings is 1. The smallest absolute Gasteiger partial charge is 0.301 e. The summed E-state index contributed by atoms with van der Waals surface area (Å²) < 4.78 is 1.38. The van der Waals surface area contributed by atoms with Crippen molar-refractivity contribution in [1.82, 2.24) is 9.55 Å². The quantitative estimate of drug-likeness (QED) is 0.856. The first-order chi connectivity index (χ1) is 11.0. The van der Waals surface area contributed by atoms with Gasteiger partial charge in [-0.25, -0.2) is 4.79 Å². The molecule has 0 atom stereocenters. The lowest BCUT2D eigenvalue weighted by Gasteiger charge is -2.11. The van der Waals surface area contributed by atoms with Crippen LogP contribution in [0.1, 0.15) is 36.5 Å². The third-order valence-electron chi connectivity index (χ3n) is 4.15. The van der Waals surface area contributed by atoms with E-state index in [-0.39, 0.29) is 11.2 Å². The van der Waals surface area contributed by atoms with Crippen LogP contribution in [-0.2, 0) is 13.0 Å². The molecule has 1 aliphatic carbocycles. The van der Waals surface area contributed by atoms with E-state index in [1.165, 1.54) is 27.5 Å². The largest absolute Gasteiger partial charge is 0.329 e. The third-order valence-corrected chi connectivity index (χ3v) is 5.17. The molecular weight excluding hydrogens is 308 g/mol. The molecule has 23 heavy (non-hydrogen) atoms. The van der Waals surface area contributed by atoms with Gasteiger partial charge in [0.2, 0.25) is 0 Å². The van der Waals surface area contributed by atoms with Crippen LogP contribution in [0.15, 0.2) is 37.7 Å². The predicted octanol–water partition coefficient (Wildman–Crippen LogP) is 3.28. The minimum atomic E-state index is -0.286. The summed E-state index contributed by atoms with van der Waals surface area (Å²) in [5, 5.41) is 0.680. The van der Waals surface area contributed by atoms with E-state index in [0.29, 0.717) is 29.5 Å². The fraction of sp³-hybridized carbons (Fsp3) is 0.444. The van der Waals surface area contributed by atoms with E-state index >= 15 is 0 Å². The number of H-pyrrole nitrogens is 1. The molecule has 1 fully saturated rings. The van der Waals surface area contributed by atoms with Crippen molar-refractivity contribution < 1.29 is 0 Å². The van der Waals surface area contributed by atoms with Crippen molar-refractivity contribution in [2.45, 2.75) is 56.5 Å². The van der Waals surface area contributed by atoms with Crippen molar-refractivity contribution in [3.05, 3.63) is 55.7 Å². The van der Waals surface area contributed by atoms with Gasteiger partial charge in [0.1, 0.15) is 0 Å². The highest BCUT2D eigenvalue weighted by Gasteiger charge is 2.24. The number of aryl methyl sites for hydroxylation is 2. The second kappa shape index (κ2) is 6.40. The van der Waals surface area contributed by atoms with Gasteiger partial charge in [0, 0.05) is 17.0 Å². The van der Waals surface area contributed by atoms with Gasteiger partial charge in [0.05, 0.1) is 5.03 Å². The van der Waals surface area contributed by atoms with Crippen molar-refractivity contribution in [3.63, 3.8) is 0 Å². The molecule has 0 radical (unpaired) electrons. The van der Waals surface area contributed by atoms with Gasteiger partial charge in [-0.3, -0.25) is 9.36 Å². The number of rotatable bonds is 5. The van der Waals surface area contributed by atoms with Crippen LogP contribution in [0.25, 0.3) is 0 Å². The molecule has 4 nitrogen and oxygen atoms in total. The molecule has 0 saturated heterocycles. The number of nitrogens with zero attached hydrogens (tertiary/aromatic N) is 1. The molecule has 3 rings (SSSR count). The first-order valence-corrected chi connectivity index (χ1v) is 8.91. The Morgan fingerprint density at radius 3 is 2.39 bits per heavy atom. The molecule has 1 heterocycles. The summed E-state index contributed by atoms with van der Waals surface area (Å²) in [6.45, 7) is 6.61. The molecule has 0 unspecified atom stereocenters. The Labute approximate surface area is 139 Å². The topological polar surface area (TPSA) is 54.9 Å². The maximum absolute atomic E-state index is 12.7. The van der Waals surface area contributed by atoms with Crippen LogP contribution in [0, 0.1) is 19.8 Å². The fourth-order valence-corrected chi connectivity index (χ4v) is 4.04. The Morgan fingerprint density at radius 2 is 1.83 bits per heavy atom. The summed E-state index contributed by atoms with van der Waals surface area (Å²) in [5.74, 6) is 0.497. The Kier molecular flexibility index (Phi) is 4.48. The molecule has 0 spiro atoms. The maximum atomic E-state index is 12.7. The summed E-state index contributed by atoms with van der Waals surface area (Å²) in [5.41, 5.74) is 2.64. The lowest BCUT2D eigenvalue weighted by Crippen LogP contribution is -2.38. The van der Waals surface area contributed by atoms with Crippen molar-refractivity contribution >= 4 is 11.8 Å². The molecule has 2 aromatic rings. The summed E-state index contributed by atoms with van der Waals surface area (Å²) in [4.78, 5) is 28.9. The van der Waals surface area contributed by atoms with Gasteiger partial charge in [-0.2, -0.15) is 0 Å². The monoisotopic (exact) mass is 330 g/mol. The second-order valence-electron chi connectivity index (χ2n) is 6.38. The zero-order valence-electron chi connectivity index (χ0n) is 13.8. The normalized spacial score (nSPS) is 14.2. The van der Waals surface area contributed by atoms with Gasteiger partial charge in [0.25, 0.3) is 5.56 Å². The van der Waals surface area contributed by atoms with Crippen LogP contribution in [0.4, 0.5) is 0 Å². The Morgan fingerprint density at radius 1 is 1.17 bits per heavy atom. The van der Waals surface area contributed by atoms with E-state index in [1.807, 2.05) is 20.8 Å². The van der Waals surface area contributed by atoms with Crippen LogP contribution in [0.5, 0.6) is 0 Å². The first kappa shape index (κ1) is 16.1. The van der Waals surface area contributed by atoms with Gasteiger partial charge in [-0.05, 0) is 62.3 Å². The van der Waals surface area contributed by atoms with E-state index in [9.17, 15) is 9.59 Å². The maximum Gasteiger partial charge on any atom is 0.329 e. The van der Waals surface area contributed by atoms with Gasteiger partial charge < -0.3 is 4.98 Å². The average molecular weight is 330 g/mol. The SMILES string of the molecule is CCc1c(Sc2cc(C)cc(C)c2)[nH]c(=O)n(CC2CC2)c1=O. The van der Waals surface area contributed by atoms with E-state index in [2.05, 4.69) is 23.2 Å². The minimum absolute atomic E-state index is 0.130. The van der Waals surface area contributed by atoms with Gasteiger partial charge in [-0.1, -0.05) is 24.8 Å². The van der Waals surface area contributed by atoms with E-state index in [1.54, 1.807) is 0 Å². The van der Waals surface area contributed by atoms with Crippen LogP contribution in [0.3, 0.4) is 0 Å². The highest BCUT2D eigenvalue weighted by atomic mass is 32.2. The molecule has 0 amide bonds. The zero-order valence-corrected chi connectivity index (χ0v) is 14.6. The highest BCUT2D eigenvalue weighted by Crippen LogP contribution is 2.31. The van der Waals surface area contributed by atoms with Crippen LogP contribution in [-0.4, -0.2) is 9.55 Å². The zero-order chi connectivity index (χ0) is 16.6. The van der Waals surface area contributed by atoms with Crippen molar-refractivity contribution in [1.29, 1.82) is 0 Å². The number of hydrogen-bond acceptors (Lipinski definition) is 3. The summed E-state index contributed by atoms with van der Waals surface area (Å²) >= 11 is 1.47. The summed E-state index contributed by atoms with van der Waals surface area (Å²) in [6, 6.07) is 6.26. The summed E-state index contributed by atoms with van der Waals surface area (Å²) in [7, 11) is 0. The van der Waals surface area contributed by atoms with Gasteiger partial charge in [-0.15, -0.1) is 0 Å². The van der Waals surface area contributed by atoms with Gasteiger partial charge >= 0.3 is 5.69 Å². The molecule has 1 aromatic heterocycles. The van der Waals surface area contributed by atoms with Crippen molar-refractivity contribution in [2.75, 3.05) is 0 Å². The van der Waals surface area contributed by atoms with Gasteiger partial charge in [0.15, 0.2) is 0 Å². The molecular formula is C18H22N2O2S. The lowest BCUT2D eigenvalue weighted by atomic mass is 10.2. The van der Waals surface area contributed by atoms with E-state index < -0.39 is 0 Å². The van der Waals surface area contributed by atoms with Crippen molar-refractivity contribution in [2.24, 2.45) is 5.92 Å². The molecule has 5 heteroatoms. The highest BCUT2D eigenvalue weighted by molar-refractivity contribution is 7.99. The van der Waals surface area contributed by atoms with Crippen LogP contribution in [0.2, 0.25) is 0 Å². The number of hydrogen-bond donors (Lipinski definition) is 1. The third kappa shape index (κ3) is 3.61. The summed E-state index contributed by atoms with van der Waals surface area (Å²) in [6.07, 6.45) is 2.85. The van der Waals surface area contributed by atoms with Crippen LogP contribution < -0.4 is 11.2 Å². The molecule has 0 bridgehead atoms. The van der Waals surface area contributed by atoms with Crippen molar-refractivity contribution in [3.8, 4) is 0 Å². The molecule has 1 aromatic carbocycles. The number of aromatic nitrogens is 2. The van der Waals surface area contributed by atoms with E-state index in [4.69, 9.17) is 0 Å². The first-order valence-electron chi connectivity index (χ1n) is 8.10. The van der Waals surface area contributed by atoms with E-state index in [0.717, 1.165) is 17.7 Å². The predicted molar refractivity (Wildman–Crippen MR) is 93.5 cm³/mol. The molecule has 0 aliphatic heterocycles. The second-order valence-corrected chi connectivity index (χ2v) is 7.46. The molecule has 1 aliphatic rings. The Bertz CT molecular complexity index is 827. The minimum Gasteiger partial charge on any atom is -0.301 e. The fourth-order valence-electron chi connectivity index (χ4n) is 2.83. The number of nitrogens with one attached hydrogen (secondary N) is 1. The molecule has 122 valence electrons. The average Bonchev–Trinajstić information content (AvgIpc) is 3.26. The Hall–Kier alpha value is -1.75. The number of aromatic amines is 1. The molecule has 1 saturated carbocycles. The molecule has 1 N–H and O–H groups in total. The van der Waals surface area contributed by atoms with Crippen LogP contribution >= 0.6 is 11.8 Å². The lowest BCUT2D eigenvalue weighted by molar-refractivity contribution is 0.560. The standard InChI is InChI=1S/C18H22N2O2S/c1-4-15-16(23-14-8-11(2)7-12(3)9-14)19-18(22)20(17(15)21)10-13-5-6-13/h7-9,13H,4-6,10H2,1-3H3,(H,19,22).